The van der Waals surface area contributed by atoms with Crippen LogP contribution in [0.2, 0.25) is 0 Å². The largest absolute Gasteiger partial charge is 0.491 e. The van der Waals surface area contributed by atoms with Crippen LogP contribution >= 0.6 is 11.6 Å². The quantitative estimate of drug-likeness (QED) is 0.312. The number of carbonyl (C=O) groups is 4. The van der Waals surface area contributed by atoms with E-state index in [0.29, 0.717) is 23.2 Å². The van der Waals surface area contributed by atoms with Gasteiger partial charge >= 0.3 is 23.1 Å². The van der Waals surface area contributed by atoms with Crippen molar-refractivity contribution in [1.82, 2.24) is 9.97 Å². The van der Waals surface area contributed by atoms with E-state index in [1.807, 2.05) is 0 Å². The highest BCUT2D eigenvalue weighted by atomic mass is 35.5. The van der Waals surface area contributed by atoms with E-state index in [1.165, 1.54) is 27.4 Å². The van der Waals surface area contributed by atoms with Gasteiger partial charge in [0.2, 0.25) is 0 Å². The Kier molecular flexibility index (Phi) is 14.3. The monoisotopic (exact) mass is 516 g/mol. The van der Waals surface area contributed by atoms with Crippen LogP contribution in [0.4, 0.5) is 11.6 Å². The molecule has 0 aliphatic carbocycles. The van der Waals surface area contributed by atoms with Gasteiger partial charge in [-0.25, -0.2) is 9.59 Å². The fourth-order valence-electron chi connectivity index (χ4n) is 1.88. The van der Waals surface area contributed by atoms with Crippen LogP contribution in [0, 0.1) is 0 Å². The number of hydrogen-bond donors (Lipinski definition) is 2. The fraction of sp³-hybridized carbons (Fsp3) is 0.300. The molecule has 0 fully saturated rings. The number of nitrogens with zero attached hydrogens (tertiary/aromatic N) is 2. The van der Waals surface area contributed by atoms with Gasteiger partial charge in [-0.3, -0.25) is 9.59 Å². The van der Waals surface area contributed by atoms with E-state index in [1.54, 1.807) is 25.3 Å². The predicted molar refractivity (Wildman–Crippen MR) is 123 cm³/mol. The maximum atomic E-state index is 11.2. The van der Waals surface area contributed by atoms with Gasteiger partial charge in [-0.05, 0) is 35.9 Å². The lowest BCUT2D eigenvalue weighted by Gasteiger charge is -2.08. The Bertz CT molecular complexity index is 1020. The number of pyridine rings is 2. The Morgan fingerprint density at radius 1 is 0.743 bits per heavy atom. The minimum atomic E-state index is -1.09. The third-order valence-electron chi connectivity index (χ3n) is 3.46. The molecule has 15 heteroatoms. The van der Waals surface area contributed by atoms with Crippen molar-refractivity contribution in [3.63, 3.8) is 0 Å². The van der Waals surface area contributed by atoms with Crippen LogP contribution in [-0.2, 0) is 28.7 Å². The van der Waals surface area contributed by atoms with E-state index in [2.05, 4.69) is 36.4 Å². The number of esters is 2. The summed E-state index contributed by atoms with van der Waals surface area (Å²) in [6.45, 7) is 0. The molecule has 3 N–H and O–H groups in total. The van der Waals surface area contributed by atoms with E-state index in [9.17, 15) is 19.2 Å². The zero-order chi connectivity index (χ0) is 27.0. The molecule has 0 spiro atoms. The molecule has 0 radical (unpaired) electrons. The zero-order valence-electron chi connectivity index (χ0n) is 19.7. The number of nitrogens with two attached hydrogens (primary N) is 1. The van der Waals surface area contributed by atoms with Gasteiger partial charge in [0.25, 0.3) is 11.8 Å². The van der Waals surface area contributed by atoms with Gasteiger partial charge in [0.15, 0.2) is 11.5 Å². The first kappa shape index (κ1) is 30.7. The molecule has 0 saturated carbocycles. The van der Waals surface area contributed by atoms with E-state index < -0.39 is 23.1 Å². The average Bonchev–Trinajstić information content (AvgIpc) is 2.87. The number of carbonyl (C=O) groups excluding carboxylic acids is 4. The second-order valence-electron chi connectivity index (χ2n) is 5.57. The van der Waals surface area contributed by atoms with Gasteiger partial charge in [-0.2, -0.15) is 9.97 Å². The molecule has 0 bridgehead atoms. The maximum absolute atomic E-state index is 11.2. The Morgan fingerprint density at radius 2 is 1.23 bits per heavy atom. The summed E-state index contributed by atoms with van der Waals surface area (Å²) >= 11 is 4.61. The van der Waals surface area contributed by atoms with E-state index in [0.717, 1.165) is 14.2 Å². The van der Waals surface area contributed by atoms with Crippen molar-refractivity contribution in [3.8, 4) is 23.3 Å². The standard InChI is InChI=1S/C10H12N2O5.C7H10N2O2.C3H3ClO3/c1-15-6-4-5-7(12-9(6)16-2)11-8(13)10(14)17-3;1-10-5-3-4-6(8)9-7(5)11-2;1-7-3(6)2(4)5/h4-5H,1-3H3,(H,11,12,13);3-4H,1-2H3,(H2,8,9);1H3. The Morgan fingerprint density at radius 3 is 1.63 bits per heavy atom. The summed E-state index contributed by atoms with van der Waals surface area (Å²) in [7, 11) is 8.15. The molecule has 0 atom stereocenters. The highest BCUT2D eigenvalue weighted by Gasteiger charge is 2.15. The molecule has 0 unspecified atom stereocenters. The number of aromatic nitrogens is 2. The summed E-state index contributed by atoms with van der Waals surface area (Å²) in [5, 5.41) is 1.16. The third kappa shape index (κ3) is 10.9. The second kappa shape index (κ2) is 16.3. The number of nitrogens with one attached hydrogen (secondary N) is 1. The molecular formula is C20H25ClN4O10. The van der Waals surface area contributed by atoms with Crippen molar-refractivity contribution >= 4 is 46.3 Å². The molecular weight excluding hydrogens is 492 g/mol. The lowest BCUT2D eigenvalue weighted by atomic mass is 10.4. The average molecular weight is 517 g/mol. The third-order valence-corrected chi connectivity index (χ3v) is 3.61. The second-order valence-corrected chi connectivity index (χ2v) is 5.91. The molecule has 0 aliphatic rings. The smallest absolute Gasteiger partial charge is 0.396 e. The summed E-state index contributed by atoms with van der Waals surface area (Å²) in [4.78, 5) is 49.4. The van der Waals surface area contributed by atoms with Gasteiger partial charge in [-0.15, -0.1) is 0 Å². The maximum Gasteiger partial charge on any atom is 0.396 e. The van der Waals surface area contributed by atoms with Crippen LogP contribution in [0.5, 0.6) is 23.3 Å². The Hall–Kier alpha value is -4.33. The lowest BCUT2D eigenvalue weighted by Crippen LogP contribution is -2.24. The van der Waals surface area contributed by atoms with Crippen LogP contribution in [0.3, 0.4) is 0 Å². The first-order valence-electron chi connectivity index (χ1n) is 9.18. The molecule has 0 aliphatic heterocycles. The first-order valence-corrected chi connectivity index (χ1v) is 9.56. The fourth-order valence-corrected chi connectivity index (χ4v) is 1.96. The number of hydrogen-bond acceptors (Lipinski definition) is 13. The summed E-state index contributed by atoms with van der Waals surface area (Å²) in [6.07, 6.45) is 0. The van der Waals surface area contributed by atoms with Crippen LogP contribution in [-0.4, -0.2) is 75.7 Å². The summed E-state index contributed by atoms with van der Waals surface area (Å²) in [5.74, 6) is -0.732. The van der Waals surface area contributed by atoms with Crippen LogP contribution in [0.1, 0.15) is 0 Å². The summed E-state index contributed by atoms with van der Waals surface area (Å²) < 4.78 is 27.9. The van der Waals surface area contributed by atoms with Crippen LogP contribution < -0.4 is 30.0 Å². The van der Waals surface area contributed by atoms with Gasteiger partial charge in [-0.1, -0.05) is 0 Å². The number of ether oxygens (including phenoxy) is 6. The highest BCUT2D eigenvalue weighted by molar-refractivity contribution is 6.80. The van der Waals surface area contributed by atoms with E-state index in [-0.39, 0.29) is 11.7 Å². The van der Waals surface area contributed by atoms with Gasteiger partial charge in [0, 0.05) is 0 Å². The minimum Gasteiger partial charge on any atom is -0.491 e. The van der Waals surface area contributed by atoms with E-state index in [4.69, 9.17) is 24.7 Å². The molecule has 35 heavy (non-hydrogen) atoms. The highest BCUT2D eigenvalue weighted by Crippen LogP contribution is 2.25. The van der Waals surface area contributed by atoms with Gasteiger partial charge < -0.3 is 39.5 Å². The number of halogens is 1. The molecule has 1 amide bonds. The minimum absolute atomic E-state index is 0.165. The molecule has 2 aromatic heterocycles. The first-order chi connectivity index (χ1) is 16.6. The SMILES string of the molecule is COC(=O)C(=O)Cl.COC(=O)C(=O)Nc1ccc(OC)c(OC)n1.COc1ccc(N)nc1OC. The van der Waals surface area contributed by atoms with Crippen LogP contribution in [0.15, 0.2) is 24.3 Å². The molecule has 2 aromatic rings. The molecule has 2 rings (SSSR count). The van der Waals surface area contributed by atoms with Gasteiger partial charge in [0.1, 0.15) is 11.6 Å². The normalized spacial score (nSPS) is 9.00. The topological polar surface area (TPSA) is 187 Å². The summed E-state index contributed by atoms with van der Waals surface area (Å²) in [5.41, 5.74) is 5.41. The zero-order valence-corrected chi connectivity index (χ0v) is 20.5. The van der Waals surface area contributed by atoms with Gasteiger partial charge in [0.05, 0.1) is 42.7 Å². The number of methoxy groups -OCH3 is 6. The summed E-state index contributed by atoms with van der Waals surface area (Å²) in [6, 6.07) is 6.39. The van der Waals surface area contributed by atoms with Crippen molar-refractivity contribution in [2.75, 3.05) is 53.7 Å². The lowest BCUT2D eigenvalue weighted by molar-refractivity contribution is -0.150. The predicted octanol–water partition coefficient (Wildman–Crippen LogP) is 0.816. The molecule has 14 nitrogen and oxygen atoms in total. The van der Waals surface area contributed by atoms with Crippen molar-refractivity contribution in [1.29, 1.82) is 0 Å². The number of nitrogen functional groups attached to an aromatic ring is 1. The molecule has 0 aromatic carbocycles. The molecule has 2 heterocycles. The molecule has 192 valence electrons. The number of amides is 1. The molecule has 0 saturated heterocycles. The van der Waals surface area contributed by atoms with Crippen molar-refractivity contribution in [2.45, 2.75) is 0 Å². The number of anilines is 2. The number of rotatable bonds is 6. The van der Waals surface area contributed by atoms with Crippen LogP contribution in [0.25, 0.3) is 0 Å². The van der Waals surface area contributed by atoms with Crippen molar-refractivity contribution < 1.29 is 47.6 Å². The Balaban J connectivity index is 0.000000550. The van der Waals surface area contributed by atoms with Crippen molar-refractivity contribution in [3.05, 3.63) is 24.3 Å². The van der Waals surface area contributed by atoms with E-state index >= 15 is 0 Å². The Labute approximate surface area is 205 Å². The van der Waals surface area contributed by atoms with Crippen molar-refractivity contribution in [2.24, 2.45) is 0 Å².